The van der Waals surface area contributed by atoms with Crippen LogP contribution in [0.4, 0.5) is 0 Å². The Kier molecular flexibility index (Phi) is 6.25. The molecule has 2 aromatic rings. The van der Waals surface area contributed by atoms with Crippen molar-refractivity contribution in [3.8, 4) is 0 Å². The van der Waals surface area contributed by atoms with Crippen molar-refractivity contribution in [2.75, 3.05) is 33.8 Å². The van der Waals surface area contributed by atoms with Crippen LogP contribution in [0.15, 0.2) is 36.4 Å². The molecule has 3 rings (SSSR count). The molecule has 0 aliphatic heterocycles. The lowest BCUT2D eigenvalue weighted by Gasteiger charge is -2.12. The summed E-state index contributed by atoms with van der Waals surface area (Å²) in [5.74, 6) is -0.0990. The molecule has 0 fully saturated rings. The number of hydrogen-bond acceptors (Lipinski definition) is 4. The predicted octanol–water partition coefficient (Wildman–Crippen LogP) is 2.95. The van der Waals surface area contributed by atoms with Crippen LogP contribution in [0.25, 0.3) is 5.57 Å². The Bertz CT molecular complexity index is 808. The standard InChI is InChI=1S/C21H26N2O2S/c1-23(2)12-5-8-17-16-7-4-3-6-15(16)9-10-19-18(17)14-20(26-19)21(25)22-11-13-24/h3-4,6-8,14,24H,5,9-13H2,1-2H3,(H,22,25). The van der Waals surface area contributed by atoms with E-state index in [1.165, 1.54) is 27.1 Å². The number of fused-ring (bicyclic) bond motifs is 2. The normalized spacial score (nSPS) is 14.8. The zero-order valence-corrected chi connectivity index (χ0v) is 16.2. The van der Waals surface area contributed by atoms with Crippen molar-refractivity contribution < 1.29 is 9.90 Å². The second kappa shape index (κ2) is 8.62. The summed E-state index contributed by atoms with van der Waals surface area (Å²) in [6, 6.07) is 10.6. The van der Waals surface area contributed by atoms with Crippen molar-refractivity contribution in [2.45, 2.75) is 19.3 Å². The molecule has 1 amide bonds. The maximum atomic E-state index is 12.3. The predicted molar refractivity (Wildman–Crippen MR) is 108 cm³/mol. The van der Waals surface area contributed by atoms with Gasteiger partial charge < -0.3 is 15.3 Å². The van der Waals surface area contributed by atoms with E-state index in [1.54, 1.807) is 11.3 Å². The molecule has 0 radical (unpaired) electrons. The molecule has 0 unspecified atom stereocenters. The molecule has 0 saturated heterocycles. The van der Waals surface area contributed by atoms with Crippen LogP contribution in [-0.2, 0) is 12.8 Å². The minimum Gasteiger partial charge on any atom is -0.395 e. The Hall–Kier alpha value is -1.95. The summed E-state index contributed by atoms with van der Waals surface area (Å²) >= 11 is 1.58. The summed E-state index contributed by atoms with van der Waals surface area (Å²) in [6.07, 6.45) is 5.23. The highest BCUT2D eigenvalue weighted by atomic mass is 32.1. The molecule has 0 atom stereocenters. The summed E-state index contributed by atoms with van der Waals surface area (Å²) in [5.41, 5.74) is 5.09. The monoisotopic (exact) mass is 370 g/mol. The second-order valence-electron chi connectivity index (χ2n) is 6.79. The number of aliphatic hydroxyl groups is 1. The van der Waals surface area contributed by atoms with Gasteiger partial charge in [-0.3, -0.25) is 4.79 Å². The van der Waals surface area contributed by atoms with E-state index < -0.39 is 0 Å². The molecule has 1 heterocycles. The van der Waals surface area contributed by atoms with Crippen molar-refractivity contribution >= 4 is 22.8 Å². The van der Waals surface area contributed by atoms with Crippen LogP contribution in [-0.4, -0.2) is 49.7 Å². The molecule has 2 N–H and O–H groups in total. The van der Waals surface area contributed by atoms with Crippen molar-refractivity contribution in [1.29, 1.82) is 0 Å². The number of benzene rings is 1. The molecule has 4 nitrogen and oxygen atoms in total. The van der Waals surface area contributed by atoms with E-state index in [1.807, 2.05) is 6.07 Å². The maximum absolute atomic E-state index is 12.3. The van der Waals surface area contributed by atoms with Gasteiger partial charge in [-0.1, -0.05) is 30.3 Å². The fourth-order valence-electron chi connectivity index (χ4n) is 3.29. The third kappa shape index (κ3) is 4.23. The van der Waals surface area contributed by atoms with Crippen LogP contribution >= 0.6 is 11.3 Å². The second-order valence-corrected chi connectivity index (χ2v) is 7.93. The lowest BCUT2D eigenvalue weighted by molar-refractivity contribution is 0.0949. The minimum absolute atomic E-state index is 0.0418. The van der Waals surface area contributed by atoms with E-state index in [-0.39, 0.29) is 19.1 Å². The van der Waals surface area contributed by atoms with Gasteiger partial charge in [0.2, 0.25) is 0 Å². The van der Waals surface area contributed by atoms with Crippen LogP contribution in [0.1, 0.15) is 37.7 Å². The summed E-state index contributed by atoms with van der Waals surface area (Å²) in [7, 11) is 4.17. The molecule has 0 spiro atoms. The SMILES string of the molecule is CN(C)CCC=C1c2ccccc2CCc2sc(C(=O)NCCO)cc21. The van der Waals surface area contributed by atoms with Crippen LogP contribution < -0.4 is 5.32 Å². The van der Waals surface area contributed by atoms with Gasteiger partial charge in [0.15, 0.2) is 0 Å². The number of nitrogens with zero attached hydrogens (tertiary/aromatic N) is 1. The maximum Gasteiger partial charge on any atom is 0.261 e. The van der Waals surface area contributed by atoms with Crippen molar-refractivity contribution in [1.82, 2.24) is 10.2 Å². The number of aliphatic hydroxyl groups excluding tert-OH is 1. The van der Waals surface area contributed by atoms with Gasteiger partial charge in [0.1, 0.15) is 0 Å². The van der Waals surface area contributed by atoms with Gasteiger partial charge in [-0.2, -0.15) is 0 Å². The zero-order valence-electron chi connectivity index (χ0n) is 15.4. The summed E-state index contributed by atoms with van der Waals surface area (Å²) in [4.78, 5) is 16.5. The highest BCUT2D eigenvalue weighted by Crippen LogP contribution is 2.38. The first-order chi connectivity index (χ1) is 12.6. The van der Waals surface area contributed by atoms with E-state index in [9.17, 15) is 4.79 Å². The fourth-order valence-corrected chi connectivity index (χ4v) is 4.38. The number of thiophene rings is 1. The number of hydrogen-bond donors (Lipinski definition) is 2. The van der Waals surface area contributed by atoms with Crippen LogP contribution in [0.3, 0.4) is 0 Å². The smallest absolute Gasteiger partial charge is 0.261 e. The van der Waals surface area contributed by atoms with Gasteiger partial charge in [0, 0.05) is 18.0 Å². The molecule has 5 heteroatoms. The van der Waals surface area contributed by atoms with E-state index in [2.05, 4.69) is 54.7 Å². The third-order valence-electron chi connectivity index (χ3n) is 4.57. The van der Waals surface area contributed by atoms with Gasteiger partial charge in [-0.05, 0) is 61.7 Å². The van der Waals surface area contributed by atoms with Crippen LogP contribution in [0, 0.1) is 0 Å². The van der Waals surface area contributed by atoms with Crippen LogP contribution in [0.5, 0.6) is 0 Å². The Balaban J connectivity index is 1.99. The van der Waals surface area contributed by atoms with E-state index in [0.717, 1.165) is 30.7 Å². The molecule has 0 bridgehead atoms. The summed E-state index contributed by atoms with van der Waals surface area (Å²) in [6.45, 7) is 1.24. The van der Waals surface area contributed by atoms with Gasteiger partial charge in [-0.25, -0.2) is 0 Å². The van der Waals surface area contributed by atoms with Crippen molar-refractivity contribution in [2.24, 2.45) is 0 Å². The first-order valence-corrected chi connectivity index (χ1v) is 9.87. The van der Waals surface area contributed by atoms with Crippen molar-refractivity contribution in [3.05, 3.63) is 62.9 Å². The average Bonchev–Trinajstić information content (AvgIpc) is 3.00. The first kappa shape index (κ1) is 18.8. The first-order valence-electron chi connectivity index (χ1n) is 9.05. The number of carbonyl (C=O) groups excluding carboxylic acids is 1. The molecule has 1 aliphatic carbocycles. The summed E-state index contributed by atoms with van der Waals surface area (Å²) in [5, 5.41) is 11.7. The van der Waals surface area contributed by atoms with E-state index in [4.69, 9.17) is 5.11 Å². The van der Waals surface area contributed by atoms with E-state index in [0.29, 0.717) is 0 Å². The van der Waals surface area contributed by atoms with Gasteiger partial charge >= 0.3 is 0 Å². The Morgan fingerprint density at radius 3 is 2.85 bits per heavy atom. The molecule has 26 heavy (non-hydrogen) atoms. The molecule has 1 aliphatic rings. The number of amides is 1. The van der Waals surface area contributed by atoms with Gasteiger partial charge in [0.25, 0.3) is 5.91 Å². The fraction of sp³-hybridized carbons (Fsp3) is 0.381. The molecular weight excluding hydrogens is 344 g/mol. The van der Waals surface area contributed by atoms with E-state index >= 15 is 0 Å². The quantitative estimate of drug-likeness (QED) is 0.822. The highest BCUT2D eigenvalue weighted by Gasteiger charge is 2.22. The Morgan fingerprint density at radius 1 is 1.27 bits per heavy atom. The topological polar surface area (TPSA) is 52.6 Å². The van der Waals surface area contributed by atoms with Gasteiger partial charge in [-0.15, -0.1) is 11.3 Å². The molecular formula is C21H26N2O2S. The minimum atomic E-state index is -0.0990. The Morgan fingerprint density at radius 2 is 2.08 bits per heavy atom. The largest absolute Gasteiger partial charge is 0.395 e. The lowest BCUT2D eigenvalue weighted by Crippen LogP contribution is -2.25. The Labute approximate surface area is 159 Å². The lowest BCUT2D eigenvalue weighted by atomic mass is 9.95. The van der Waals surface area contributed by atoms with Crippen molar-refractivity contribution in [3.63, 3.8) is 0 Å². The molecule has 1 aromatic carbocycles. The molecule has 0 saturated carbocycles. The van der Waals surface area contributed by atoms with Crippen LogP contribution in [0.2, 0.25) is 0 Å². The molecule has 1 aromatic heterocycles. The third-order valence-corrected chi connectivity index (χ3v) is 5.77. The number of rotatable bonds is 6. The molecule has 138 valence electrons. The zero-order chi connectivity index (χ0) is 18.5. The van der Waals surface area contributed by atoms with Gasteiger partial charge in [0.05, 0.1) is 11.5 Å². The average molecular weight is 371 g/mol. The number of aryl methyl sites for hydroxylation is 2. The number of nitrogens with one attached hydrogen (secondary N) is 1. The number of carbonyl (C=O) groups is 1. The summed E-state index contributed by atoms with van der Waals surface area (Å²) < 4.78 is 0. The highest BCUT2D eigenvalue weighted by molar-refractivity contribution is 7.14.